The number of fused-ring (bicyclic) bond motifs is 1. The summed E-state index contributed by atoms with van der Waals surface area (Å²) in [4.78, 5) is 0. The lowest BCUT2D eigenvalue weighted by Crippen LogP contribution is -2.12. The van der Waals surface area contributed by atoms with Gasteiger partial charge in [-0.2, -0.15) is 11.8 Å². The molecular weight excluding hydrogens is 286 g/mol. The second-order valence-electron chi connectivity index (χ2n) is 4.01. The Morgan fingerprint density at radius 1 is 1.38 bits per heavy atom. The van der Waals surface area contributed by atoms with E-state index >= 15 is 0 Å². The van der Waals surface area contributed by atoms with Crippen molar-refractivity contribution in [1.82, 2.24) is 14.6 Å². The highest BCUT2D eigenvalue weighted by Crippen LogP contribution is 2.31. The van der Waals surface area contributed by atoms with E-state index < -0.39 is 0 Å². The number of rotatable bonds is 1. The molecule has 1 saturated heterocycles. The minimum Gasteiger partial charge on any atom is -0.273 e. The molecule has 1 atom stereocenters. The smallest absolute Gasteiger partial charge is 0.161 e. The summed E-state index contributed by atoms with van der Waals surface area (Å²) in [5.41, 5.74) is 0.931. The minimum absolute atomic E-state index is 0.549. The summed E-state index contributed by atoms with van der Waals surface area (Å²) in [6.07, 6.45) is 2.52. The fraction of sp³-hybridized carbons (Fsp3) is 0.455. The lowest BCUT2D eigenvalue weighted by atomic mass is 10.1. The van der Waals surface area contributed by atoms with Crippen molar-refractivity contribution in [2.45, 2.75) is 18.8 Å². The quantitative estimate of drug-likeness (QED) is 0.758. The van der Waals surface area contributed by atoms with Gasteiger partial charge in [0.05, 0.1) is 4.60 Å². The zero-order chi connectivity index (χ0) is 11.0. The summed E-state index contributed by atoms with van der Waals surface area (Å²) in [6.45, 7) is 0. The Balaban J connectivity index is 2.09. The van der Waals surface area contributed by atoms with Crippen molar-refractivity contribution in [2.24, 2.45) is 0 Å². The minimum atomic E-state index is 0.549. The summed E-state index contributed by atoms with van der Waals surface area (Å²) in [5, 5.41) is 8.58. The maximum absolute atomic E-state index is 4.35. The zero-order valence-electron chi connectivity index (χ0n) is 8.77. The number of hydrogen-bond donors (Lipinski definition) is 0. The largest absolute Gasteiger partial charge is 0.273 e. The van der Waals surface area contributed by atoms with Gasteiger partial charge in [-0.15, -0.1) is 10.2 Å². The second kappa shape index (κ2) is 4.37. The Hall–Kier alpha value is -0.550. The van der Waals surface area contributed by atoms with Crippen LogP contribution in [0, 0.1) is 0 Å². The predicted octanol–water partition coefficient (Wildman–Crippen LogP) is 3.10. The number of aromatic nitrogens is 3. The average Bonchev–Trinajstić information content (AvgIpc) is 2.75. The van der Waals surface area contributed by atoms with E-state index in [1.54, 1.807) is 0 Å². The summed E-state index contributed by atoms with van der Waals surface area (Å²) in [7, 11) is 0. The molecule has 84 valence electrons. The molecule has 0 spiro atoms. The van der Waals surface area contributed by atoms with Gasteiger partial charge in [-0.05, 0) is 46.7 Å². The first-order valence-corrected chi connectivity index (χ1v) is 7.38. The molecule has 0 N–H and O–H groups in total. The van der Waals surface area contributed by atoms with E-state index in [0.717, 1.165) is 16.1 Å². The molecule has 3 nitrogen and oxygen atoms in total. The summed E-state index contributed by atoms with van der Waals surface area (Å²) in [6, 6.07) is 6.03. The molecule has 1 unspecified atom stereocenters. The number of halogens is 1. The SMILES string of the molecule is Brc1cccc2nnc(C3CCCSC3)n12. The molecule has 2 aromatic heterocycles. The fourth-order valence-corrected chi connectivity index (χ4v) is 3.79. The van der Waals surface area contributed by atoms with E-state index in [1.807, 2.05) is 30.0 Å². The van der Waals surface area contributed by atoms with Crippen molar-refractivity contribution >= 4 is 33.3 Å². The van der Waals surface area contributed by atoms with Gasteiger partial charge in [-0.3, -0.25) is 4.40 Å². The Labute approximate surface area is 107 Å². The van der Waals surface area contributed by atoms with Crippen LogP contribution in [0.4, 0.5) is 0 Å². The number of thioether (sulfide) groups is 1. The number of nitrogens with zero attached hydrogens (tertiary/aromatic N) is 3. The molecule has 0 aromatic carbocycles. The van der Waals surface area contributed by atoms with Crippen LogP contribution in [0.2, 0.25) is 0 Å². The van der Waals surface area contributed by atoms with E-state index in [-0.39, 0.29) is 0 Å². The van der Waals surface area contributed by atoms with Crippen LogP contribution < -0.4 is 0 Å². The lowest BCUT2D eigenvalue weighted by molar-refractivity contribution is 0.615. The molecule has 16 heavy (non-hydrogen) atoms. The van der Waals surface area contributed by atoms with Crippen LogP contribution in [-0.4, -0.2) is 26.1 Å². The van der Waals surface area contributed by atoms with Gasteiger partial charge < -0.3 is 0 Å². The first kappa shape index (κ1) is 10.6. The molecule has 1 fully saturated rings. The number of pyridine rings is 1. The van der Waals surface area contributed by atoms with Gasteiger partial charge in [0, 0.05) is 11.7 Å². The summed E-state index contributed by atoms with van der Waals surface area (Å²) >= 11 is 5.59. The second-order valence-corrected chi connectivity index (χ2v) is 5.98. The van der Waals surface area contributed by atoms with Gasteiger partial charge in [0.25, 0.3) is 0 Å². The van der Waals surface area contributed by atoms with E-state index in [0.29, 0.717) is 5.92 Å². The third-order valence-corrected chi connectivity index (χ3v) is 4.77. The molecule has 2 aromatic rings. The van der Waals surface area contributed by atoms with Gasteiger partial charge in [0.2, 0.25) is 0 Å². The third kappa shape index (κ3) is 1.76. The highest BCUT2D eigenvalue weighted by Gasteiger charge is 2.21. The van der Waals surface area contributed by atoms with Crippen molar-refractivity contribution in [3.63, 3.8) is 0 Å². The lowest BCUT2D eigenvalue weighted by Gasteiger charge is -2.19. The third-order valence-electron chi connectivity index (χ3n) is 2.93. The molecule has 0 saturated carbocycles. The molecule has 5 heteroatoms. The maximum Gasteiger partial charge on any atom is 0.161 e. The molecule has 1 aliphatic rings. The zero-order valence-corrected chi connectivity index (χ0v) is 11.2. The van der Waals surface area contributed by atoms with Gasteiger partial charge >= 0.3 is 0 Å². The number of hydrogen-bond acceptors (Lipinski definition) is 3. The van der Waals surface area contributed by atoms with Crippen LogP contribution in [0.25, 0.3) is 5.65 Å². The molecule has 0 aliphatic carbocycles. The van der Waals surface area contributed by atoms with Crippen molar-refractivity contribution < 1.29 is 0 Å². The average molecular weight is 298 g/mol. The van der Waals surface area contributed by atoms with Crippen LogP contribution in [-0.2, 0) is 0 Å². The maximum atomic E-state index is 4.35. The summed E-state index contributed by atoms with van der Waals surface area (Å²) < 4.78 is 3.16. The Bertz CT molecular complexity index is 505. The van der Waals surface area contributed by atoms with E-state index in [4.69, 9.17) is 0 Å². The normalized spacial score (nSPS) is 21.4. The van der Waals surface area contributed by atoms with Gasteiger partial charge in [0.15, 0.2) is 5.65 Å². The van der Waals surface area contributed by atoms with Crippen molar-refractivity contribution in [3.8, 4) is 0 Å². The first-order chi connectivity index (χ1) is 7.86. The van der Waals surface area contributed by atoms with E-state index in [1.165, 1.54) is 24.3 Å². The molecule has 3 heterocycles. The summed E-state index contributed by atoms with van der Waals surface area (Å²) in [5.74, 6) is 4.11. The first-order valence-electron chi connectivity index (χ1n) is 5.43. The Morgan fingerprint density at radius 3 is 3.12 bits per heavy atom. The molecule has 3 rings (SSSR count). The van der Waals surface area contributed by atoms with Gasteiger partial charge in [-0.1, -0.05) is 6.07 Å². The van der Waals surface area contributed by atoms with Gasteiger partial charge in [0.1, 0.15) is 5.82 Å². The highest BCUT2D eigenvalue weighted by molar-refractivity contribution is 9.10. The Morgan fingerprint density at radius 2 is 2.31 bits per heavy atom. The van der Waals surface area contributed by atoms with Crippen LogP contribution in [0.1, 0.15) is 24.6 Å². The topological polar surface area (TPSA) is 30.2 Å². The molecular formula is C11H12BrN3S. The van der Waals surface area contributed by atoms with Crippen molar-refractivity contribution in [2.75, 3.05) is 11.5 Å². The standard InChI is InChI=1S/C11H12BrN3S/c12-9-4-1-5-10-13-14-11(15(9)10)8-3-2-6-16-7-8/h1,4-5,8H,2-3,6-7H2. The molecule has 1 aliphatic heterocycles. The van der Waals surface area contributed by atoms with E-state index in [9.17, 15) is 0 Å². The molecule has 0 radical (unpaired) electrons. The molecule has 0 bridgehead atoms. The van der Waals surface area contributed by atoms with Gasteiger partial charge in [-0.25, -0.2) is 0 Å². The van der Waals surface area contributed by atoms with Crippen molar-refractivity contribution in [1.29, 1.82) is 0 Å². The highest BCUT2D eigenvalue weighted by atomic mass is 79.9. The fourth-order valence-electron chi connectivity index (χ4n) is 2.13. The molecule has 0 amide bonds. The van der Waals surface area contributed by atoms with E-state index in [2.05, 4.69) is 30.5 Å². The van der Waals surface area contributed by atoms with Crippen LogP contribution >= 0.6 is 27.7 Å². The van der Waals surface area contributed by atoms with Crippen molar-refractivity contribution in [3.05, 3.63) is 28.6 Å². The predicted molar refractivity (Wildman–Crippen MR) is 70.0 cm³/mol. The Kier molecular flexibility index (Phi) is 2.90. The van der Waals surface area contributed by atoms with Crippen LogP contribution in [0.15, 0.2) is 22.8 Å². The monoisotopic (exact) mass is 297 g/mol. The van der Waals surface area contributed by atoms with Crippen LogP contribution in [0.3, 0.4) is 0 Å². The van der Waals surface area contributed by atoms with Crippen LogP contribution in [0.5, 0.6) is 0 Å².